The number of nitrogens with one attached hydrogen (secondary N) is 1. The molecule has 30 heavy (non-hydrogen) atoms. The minimum Gasteiger partial charge on any atom is -0.490 e. The summed E-state index contributed by atoms with van der Waals surface area (Å²) in [7, 11) is 3.32. The van der Waals surface area contributed by atoms with Crippen LogP contribution >= 0.6 is 0 Å². The Morgan fingerprint density at radius 1 is 1.03 bits per heavy atom. The Hall–Kier alpha value is -3.61. The van der Waals surface area contributed by atoms with E-state index in [4.69, 9.17) is 9.47 Å². The van der Waals surface area contributed by atoms with Gasteiger partial charge in [-0.15, -0.1) is 0 Å². The molecule has 0 aliphatic heterocycles. The molecule has 0 atom stereocenters. The fourth-order valence-electron chi connectivity index (χ4n) is 2.51. The first-order valence-corrected chi connectivity index (χ1v) is 9.50. The first-order chi connectivity index (χ1) is 14.3. The van der Waals surface area contributed by atoms with Crippen molar-refractivity contribution in [3.8, 4) is 11.5 Å². The van der Waals surface area contributed by atoms with Crippen LogP contribution in [0, 0.1) is 0 Å². The minimum atomic E-state index is -0.201. The number of likely N-dealkylation sites (N-methyl/N-ethyl adjacent to an activating group) is 1. The predicted octanol–water partition coefficient (Wildman–Crippen LogP) is 3.41. The molecular formula is C23H26N2O5. The summed E-state index contributed by atoms with van der Waals surface area (Å²) in [5, 5.41) is 2.66. The van der Waals surface area contributed by atoms with Crippen LogP contribution in [-0.4, -0.2) is 49.8 Å². The Kier molecular flexibility index (Phi) is 8.17. The number of nitrogens with zero attached hydrogens (tertiary/aromatic N) is 1. The third-order valence-electron chi connectivity index (χ3n) is 4.01. The van der Waals surface area contributed by atoms with E-state index in [9.17, 15) is 14.4 Å². The number of amides is 2. The Morgan fingerprint density at radius 2 is 1.80 bits per heavy atom. The van der Waals surface area contributed by atoms with Crippen molar-refractivity contribution < 1.29 is 23.9 Å². The molecule has 1 N–H and O–H groups in total. The highest BCUT2D eigenvalue weighted by molar-refractivity contribution is 6.07. The Morgan fingerprint density at radius 3 is 2.47 bits per heavy atom. The lowest BCUT2D eigenvalue weighted by molar-refractivity contribution is -0.130. The second-order valence-corrected chi connectivity index (χ2v) is 6.68. The van der Waals surface area contributed by atoms with Crippen molar-refractivity contribution >= 4 is 29.4 Å². The van der Waals surface area contributed by atoms with Crippen molar-refractivity contribution in [3.05, 3.63) is 59.7 Å². The van der Waals surface area contributed by atoms with Gasteiger partial charge in [-0.3, -0.25) is 14.4 Å². The molecule has 0 unspecified atom stereocenters. The summed E-state index contributed by atoms with van der Waals surface area (Å²) in [6, 6.07) is 12.0. The number of hydrogen-bond acceptors (Lipinski definition) is 5. The molecule has 0 bridgehead atoms. The number of anilines is 1. The van der Waals surface area contributed by atoms with Crippen molar-refractivity contribution in [2.75, 3.05) is 32.6 Å². The van der Waals surface area contributed by atoms with Gasteiger partial charge in [-0.1, -0.05) is 24.3 Å². The lowest BCUT2D eigenvalue weighted by Gasteiger charge is -2.14. The summed E-state index contributed by atoms with van der Waals surface area (Å²) in [4.78, 5) is 36.8. The van der Waals surface area contributed by atoms with Crippen molar-refractivity contribution in [2.24, 2.45) is 0 Å². The van der Waals surface area contributed by atoms with Crippen molar-refractivity contribution in [1.82, 2.24) is 4.90 Å². The molecule has 7 heteroatoms. The molecule has 2 amide bonds. The van der Waals surface area contributed by atoms with E-state index in [-0.39, 0.29) is 24.2 Å². The average Bonchev–Trinajstić information content (AvgIpc) is 2.70. The van der Waals surface area contributed by atoms with E-state index in [1.54, 1.807) is 62.6 Å². The van der Waals surface area contributed by atoms with Crippen LogP contribution in [-0.2, 0) is 9.59 Å². The van der Waals surface area contributed by atoms with Crippen LogP contribution in [0.5, 0.6) is 11.5 Å². The maximum absolute atomic E-state index is 12.5. The maximum atomic E-state index is 12.5. The zero-order valence-electron chi connectivity index (χ0n) is 17.6. The van der Waals surface area contributed by atoms with Gasteiger partial charge in [0.2, 0.25) is 5.91 Å². The number of rotatable bonds is 9. The van der Waals surface area contributed by atoms with E-state index < -0.39 is 0 Å². The van der Waals surface area contributed by atoms with Crippen LogP contribution in [0.4, 0.5) is 5.69 Å². The molecule has 0 saturated heterocycles. The zero-order chi connectivity index (χ0) is 22.1. The van der Waals surface area contributed by atoms with Crippen LogP contribution in [0.3, 0.4) is 0 Å². The SMILES string of the molecule is CCOc1cc(/C=C/C(=O)c2cccc(NC(C)=O)c2)ccc1OCC(=O)N(C)C. The van der Waals surface area contributed by atoms with Gasteiger partial charge in [0, 0.05) is 32.3 Å². The standard InChI is InChI=1S/C23H26N2O5/c1-5-29-22-13-17(10-12-21(22)30-15-23(28)25(3)4)9-11-20(27)18-7-6-8-19(14-18)24-16(2)26/h6-14H,5,15H2,1-4H3,(H,24,26)/b11-9+. The van der Waals surface area contributed by atoms with Crippen LogP contribution in [0.25, 0.3) is 6.08 Å². The van der Waals surface area contributed by atoms with Gasteiger partial charge >= 0.3 is 0 Å². The molecule has 0 spiro atoms. The van der Waals surface area contributed by atoms with E-state index in [1.165, 1.54) is 17.9 Å². The molecule has 2 aromatic rings. The van der Waals surface area contributed by atoms with Gasteiger partial charge in [0.1, 0.15) is 0 Å². The fourth-order valence-corrected chi connectivity index (χ4v) is 2.51. The molecule has 2 rings (SSSR count). The molecule has 0 aliphatic carbocycles. The van der Waals surface area contributed by atoms with Crippen molar-refractivity contribution in [2.45, 2.75) is 13.8 Å². The van der Waals surface area contributed by atoms with Crippen LogP contribution < -0.4 is 14.8 Å². The van der Waals surface area contributed by atoms with Gasteiger partial charge in [-0.05, 0) is 42.8 Å². The van der Waals surface area contributed by atoms with Gasteiger partial charge in [-0.2, -0.15) is 0 Å². The number of allylic oxidation sites excluding steroid dienone is 1. The summed E-state index contributed by atoms with van der Waals surface area (Å²) in [6.07, 6.45) is 3.12. The highest BCUT2D eigenvalue weighted by Crippen LogP contribution is 2.29. The van der Waals surface area contributed by atoms with E-state index >= 15 is 0 Å². The monoisotopic (exact) mass is 410 g/mol. The van der Waals surface area contributed by atoms with Gasteiger partial charge in [-0.25, -0.2) is 0 Å². The van der Waals surface area contributed by atoms with E-state index in [0.717, 1.165) is 5.56 Å². The van der Waals surface area contributed by atoms with E-state index in [0.29, 0.717) is 29.4 Å². The predicted molar refractivity (Wildman–Crippen MR) is 116 cm³/mol. The normalized spacial score (nSPS) is 10.5. The van der Waals surface area contributed by atoms with Gasteiger partial charge in [0.15, 0.2) is 23.9 Å². The van der Waals surface area contributed by atoms with Gasteiger partial charge < -0.3 is 19.7 Å². The minimum absolute atomic E-state index is 0.0919. The van der Waals surface area contributed by atoms with Crippen molar-refractivity contribution in [1.29, 1.82) is 0 Å². The highest BCUT2D eigenvalue weighted by Gasteiger charge is 2.10. The van der Waals surface area contributed by atoms with Crippen LogP contribution in [0.15, 0.2) is 48.5 Å². The molecule has 0 aromatic heterocycles. The zero-order valence-corrected chi connectivity index (χ0v) is 17.6. The molecule has 2 aromatic carbocycles. The number of benzene rings is 2. The molecule has 0 fully saturated rings. The molecule has 0 saturated carbocycles. The third kappa shape index (κ3) is 6.77. The quantitative estimate of drug-likeness (QED) is 0.506. The topological polar surface area (TPSA) is 84.9 Å². The average molecular weight is 410 g/mol. The lowest BCUT2D eigenvalue weighted by Crippen LogP contribution is -2.27. The fraction of sp³-hybridized carbons (Fsp3) is 0.261. The number of carbonyl (C=O) groups is 3. The highest BCUT2D eigenvalue weighted by atomic mass is 16.5. The molecule has 0 heterocycles. The first kappa shape index (κ1) is 22.7. The van der Waals surface area contributed by atoms with E-state index in [1.807, 2.05) is 6.92 Å². The number of carbonyl (C=O) groups excluding carboxylic acids is 3. The maximum Gasteiger partial charge on any atom is 0.259 e. The second kappa shape index (κ2) is 10.8. The summed E-state index contributed by atoms with van der Waals surface area (Å²) in [6.45, 7) is 3.60. The third-order valence-corrected chi connectivity index (χ3v) is 4.01. The Balaban J connectivity index is 2.14. The molecule has 0 radical (unpaired) electrons. The molecule has 7 nitrogen and oxygen atoms in total. The number of ether oxygens (including phenoxy) is 2. The van der Waals surface area contributed by atoms with Gasteiger partial charge in [0.25, 0.3) is 5.91 Å². The number of ketones is 1. The van der Waals surface area contributed by atoms with E-state index in [2.05, 4.69) is 5.32 Å². The van der Waals surface area contributed by atoms with Gasteiger partial charge in [0.05, 0.1) is 6.61 Å². The first-order valence-electron chi connectivity index (χ1n) is 9.50. The van der Waals surface area contributed by atoms with Crippen molar-refractivity contribution in [3.63, 3.8) is 0 Å². The van der Waals surface area contributed by atoms with Crippen LogP contribution in [0.1, 0.15) is 29.8 Å². The summed E-state index contributed by atoms with van der Waals surface area (Å²) >= 11 is 0. The summed E-state index contributed by atoms with van der Waals surface area (Å²) in [5.41, 5.74) is 1.77. The molecular weight excluding hydrogens is 384 g/mol. The summed E-state index contributed by atoms with van der Waals surface area (Å²) in [5.74, 6) is 0.392. The van der Waals surface area contributed by atoms with Crippen LogP contribution in [0.2, 0.25) is 0 Å². The largest absolute Gasteiger partial charge is 0.490 e. The molecule has 158 valence electrons. The smallest absolute Gasteiger partial charge is 0.259 e. The Bertz CT molecular complexity index is 950. The Labute approximate surface area is 176 Å². The molecule has 0 aliphatic rings. The number of hydrogen-bond donors (Lipinski definition) is 1. The summed E-state index contributed by atoms with van der Waals surface area (Å²) < 4.78 is 11.2. The lowest BCUT2D eigenvalue weighted by atomic mass is 10.1. The second-order valence-electron chi connectivity index (χ2n) is 6.68.